The van der Waals surface area contributed by atoms with Gasteiger partial charge in [-0.15, -0.1) is 11.3 Å². The van der Waals surface area contributed by atoms with Crippen molar-refractivity contribution in [2.24, 2.45) is 0 Å². The van der Waals surface area contributed by atoms with E-state index in [4.69, 9.17) is 0 Å². The number of carbonyl (C=O) groups is 1. The van der Waals surface area contributed by atoms with Crippen molar-refractivity contribution in [2.75, 3.05) is 6.54 Å². The predicted octanol–water partition coefficient (Wildman–Crippen LogP) is 4.79. The van der Waals surface area contributed by atoms with Gasteiger partial charge in [0.15, 0.2) is 0 Å². The Balaban J connectivity index is 1.45. The molecule has 0 aliphatic heterocycles. The van der Waals surface area contributed by atoms with Crippen molar-refractivity contribution in [1.29, 1.82) is 0 Å². The first-order valence-corrected chi connectivity index (χ1v) is 11.2. The number of hydrogen-bond donors (Lipinski definition) is 3. The monoisotopic (exact) mass is 395 g/mol. The maximum atomic E-state index is 12.6. The van der Waals surface area contributed by atoms with E-state index in [2.05, 4.69) is 63.6 Å². The molecule has 1 aliphatic carbocycles. The van der Waals surface area contributed by atoms with Crippen LogP contribution in [0.15, 0.2) is 48.0 Å². The summed E-state index contributed by atoms with van der Waals surface area (Å²) in [6, 6.07) is 12.9. The molecule has 4 nitrogen and oxygen atoms in total. The molecule has 1 aliphatic rings. The van der Waals surface area contributed by atoms with E-state index in [1.54, 1.807) is 11.3 Å². The lowest BCUT2D eigenvalue weighted by atomic mass is 9.95. The first-order chi connectivity index (χ1) is 13.7. The van der Waals surface area contributed by atoms with Gasteiger partial charge >= 0.3 is 0 Å². The molecule has 28 heavy (non-hydrogen) atoms. The van der Waals surface area contributed by atoms with Crippen LogP contribution in [0.2, 0.25) is 0 Å². The highest BCUT2D eigenvalue weighted by atomic mass is 32.1. The molecular formula is C23H29N3OS. The Morgan fingerprint density at radius 2 is 2.00 bits per heavy atom. The second-order valence-corrected chi connectivity index (χ2v) is 8.81. The molecule has 0 saturated heterocycles. The van der Waals surface area contributed by atoms with Gasteiger partial charge in [0.25, 0.3) is 0 Å². The Morgan fingerprint density at radius 1 is 1.18 bits per heavy atom. The number of thiophene rings is 1. The minimum absolute atomic E-state index is 0.121. The molecule has 0 radical (unpaired) electrons. The molecule has 2 atom stereocenters. The van der Waals surface area contributed by atoms with Gasteiger partial charge in [0.2, 0.25) is 5.91 Å². The van der Waals surface area contributed by atoms with Crippen molar-refractivity contribution >= 4 is 28.1 Å². The zero-order valence-electron chi connectivity index (χ0n) is 16.4. The van der Waals surface area contributed by atoms with Gasteiger partial charge in [0, 0.05) is 40.5 Å². The Morgan fingerprint density at radius 3 is 2.79 bits per heavy atom. The van der Waals surface area contributed by atoms with Crippen molar-refractivity contribution in [3.8, 4) is 0 Å². The van der Waals surface area contributed by atoms with Crippen LogP contribution in [0.5, 0.6) is 0 Å². The summed E-state index contributed by atoms with van der Waals surface area (Å²) in [4.78, 5) is 17.3. The minimum atomic E-state index is -0.199. The van der Waals surface area contributed by atoms with E-state index in [0.717, 1.165) is 24.9 Å². The second-order valence-electron chi connectivity index (χ2n) is 7.83. The number of nitrogens with one attached hydrogen (secondary N) is 3. The molecule has 1 saturated carbocycles. The van der Waals surface area contributed by atoms with Gasteiger partial charge in [0.1, 0.15) is 0 Å². The first kappa shape index (κ1) is 19.2. The standard InChI is InChI=1S/C23H29N3OS/c1-16(23(27)26-17-8-3-2-4-9-17)24-15-20(22-12-7-13-28-22)19-14-25-21-11-6-5-10-18(19)21/h5-7,10-14,16-17,20,24-25H,2-4,8-9,15H2,1H3,(H,26,27)/t16-,20+/m0/s1. The highest BCUT2D eigenvalue weighted by Gasteiger charge is 2.23. The van der Waals surface area contributed by atoms with Crippen LogP contribution >= 0.6 is 11.3 Å². The Labute approximate surface area is 170 Å². The third kappa shape index (κ3) is 4.31. The summed E-state index contributed by atoms with van der Waals surface area (Å²) >= 11 is 1.77. The molecule has 0 spiro atoms. The number of hydrogen-bond acceptors (Lipinski definition) is 3. The highest BCUT2D eigenvalue weighted by molar-refractivity contribution is 7.10. The van der Waals surface area contributed by atoms with Gasteiger partial charge in [-0.05, 0) is 42.8 Å². The predicted molar refractivity (Wildman–Crippen MR) is 117 cm³/mol. The number of carbonyl (C=O) groups excluding carboxylic acids is 1. The second kappa shape index (κ2) is 8.93. The van der Waals surface area contributed by atoms with Gasteiger partial charge in [-0.2, -0.15) is 0 Å². The lowest BCUT2D eigenvalue weighted by Crippen LogP contribution is -2.47. The number of H-pyrrole nitrogens is 1. The first-order valence-electron chi connectivity index (χ1n) is 10.4. The third-order valence-electron chi connectivity index (χ3n) is 5.86. The molecule has 2 aromatic heterocycles. The van der Waals surface area contributed by atoms with E-state index < -0.39 is 0 Å². The fraction of sp³-hybridized carbons (Fsp3) is 0.435. The Hall–Kier alpha value is -2.11. The maximum Gasteiger partial charge on any atom is 0.237 e. The van der Waals surface area contributed by atoms with Crippen LogP contribution in [-0.4, -0.2) is 29.5 Å². The molecule has 1 aromatic carbocycles. The summed E-state index contributed by atoms with van der Waals surface area (Å²) in [7, 11) is 0. The van der Waals surface area contributed by atoms with Crippen LogP contribution in [0.3, 0.4) is 0 Å². The number of aromatic amines is 1. The fourth-order valence-electron chi connectivity index (χ4n) is 4.20. The molecular weight excluding hydrogens is 366 g/mol. The molecule has 2 heterocycles. The van der Waals surface area contributed by atoms with Crippen LogP contribution in [-0.2, 0) is 4.79 Å². The van der Waals surface area contributed by atoms with Gasteiger partial charge in [-0.25, -0.2) is 0 Å². The third-order valence-corrected chi connectivity index (χ3v) is 6.84. The minimum Gasteiger partial charge on any atom is -0.361 e. The van der Waals surface area contributed by atoms with E-state index in [0.29, 0.717) is 6.04 Å². The summed E-state index contributed by atoms with van der Waals surface area (Å²) < 4.78 is 0. The van der Waals surface area contributed by atoms with Gasteiger partial charge < -0.3 is 15.6 Å². The summed E-state index contributed by atoms with van der Waals surface area (Å²) in [6.45, 7) is 2.71. The molecule has 3 N–H and O–H groups in total. The smallest absolute Gasteiger partial charge is 0.237 e. The molecule has 0 unspecified atom stereocenters. The van der Waals surface area contributed by atoms with Gasteiger partial charge in [-0.1, -0.05) is 43.5 Å². The number of fused-ring (bicyclic) bond motifs is 1. The molecule has 3 aromatic rings. The Kier molecular flexibility index (Phi) is 6.13. The van der Waals surface area contributed by atoms with Crippen molar-refractivity contribution in [3.05, 3.63) is 58.4 Å². The van der Waals surface area contributed by atoms with E-state index in [9.17, 15) is 4.79 Å². The quantitative estimate of drug-likeness (QED) is 0.539. The van der Waals surface area contributed by atoms with Crippen LogP contribution in [0, 0.1) is 0 Å². The van der Waals surface area contributed by atoms with E-state index in [1.165, 1.54) is 35.1 Å². The van der Waals surface area contributed by atoms with Crippen LogP contribution < -0.4 is 10.6 Å². The largest absolute Gasteiger partial charge is 0.361 e. The van der Waals surface area contributed by atoms with E-state index in [1.807, 2.05) is 6.92 Å². The van der Waals surface area contributed by atoms with E-state index in [-0.39, 0.29) is 17.9 Å². The van der Waals surface area contributed by atoms with Crippen molar-refractivity contribution in [2.45, 2.75) is 57.0 Å². The average Bonchev–Trinajstić information content (AvgIpc) is 3.40. The fourth-order valence-corrected chi connectivity index (χ4v) is 5.04. The lowest BCUT2D eigenvalue weighted by molar-refractivity contribution is -0.123. The van der Waals surface area contributed by atoms with E-state index >= 15 is 0 Å². The van der Waals surface area contributed by atoms with Crippen LogP contribution in [0.25, 0.3) is 10.9 Å². The van der Waals surface area contributed by atoms with Gasteiger partial charge in [-0.3, -0.25) is 4.79 Å². The normalized spacial score (nSPS) is 17.5. The summed E-state index contributed by atoms with van der Waals surface area (Å²) in [5.74, 6) is 0.344. The number of rotatable bonds is 7. The SMILES string of the molecule is C[C@H](NC[C@@H](c1cccs1)c1c[nH]c2ccccc12)C(=O)NC1CCCCC1. The molecule has 4 rings (SSSR count). The summed E-state index contributed by atoms with van der Waals surface area (Å²) in [5.41, 5.74) is 2.44. The summed E-state index contributed by atoms with van der Waals surface area (Å²) in [5, 5.41) is 10.1. The zero-order chi connectivity index (χ0) is 19.3. The molecule has 0 bridgehead atoms. The molecule has 5 heteroatoms. The number of benzene rings is 1. The number of aromatic nitrogens is 1. The zero-order valence-corrected chi connectivity index (χ0v) is 17.2. The molecule has 148 valence electrons. The molecule has 1 amide bonds. The van der Waals surface area contributed by atoms with Crippen LogP contribution in [0.4, 0.5) is 0 Å². The maximum absolute atomic E-state index is 12.6. The topological polar surface area (TPSA) is 56.9 Å². The van der Waals surface area contributed by atoms with Crippen molar-refractivity contribution < 1.29 is 4.79 Å². The summed E-state index contributed by atoms with van der Waals surface area (Å²) in [6.07, 6.45) is 8.11. The average molecular weight is 396 g/mol. The highest BCUT2D eigenvalue weighted by Crippen LogP contribution is 2.32. The Bertz CT molecular complexity index is 896. The molecule has 1 fully saturated rings. The number of amides is 1. The number of para-hydroxylation sites is 1. The van der Waals surface area contributed by atoms with Crippen LogP contribution in [0.1, 0.15) is 55.4 Å². The van der Waals surface area contributed by atoms with Crippen molar-refractivity contribution in [3.63, 3.8) is 0 Å². The van der Waals surface area contributed by atoms with Gasteiger partial charge in [0.05, 0.1) is 6.04 Å². The van der Waals surface area contributed by atoms with Crippen molar-refractivity contribution in [1.82, 2.24) is 15.6 Å². The lowest BCUT2D eigenvalue weighted by Gasteiger charge is -2.25.